The van der Waals surface area contributed by atoms with Crippen LogP contribution in [0.1, 0.15) is 33.1 Å². The second kappa shape index (κ2) is 15.1. The Balaban J connectivity index is 1.69. The van der Waals surface area contributed by atoms with Crippen LogP contribution in [0.3, 0.4) is 0 Å². The van der Waals surface area contributed by atoms with Crippen molar-refractivity contribution in [1.29, 1.82) is 0 Å². The number of aliphatic imine (C=N–C) groups is 1. The van der Waals surface area contributed by atoms with E-state index in [9.17, 15) is 21.4 Å². The minimum atomic E-state index is -4.23. The van der Waals surface area contributed by atoms with Crippen LogP contribution in [0.15, 0.2) is 101 Å². The molecule has 45 heavy (non-hydrogen) atoms. The molecule has 0 radical (unpaired) electrons. The van der Waals surface area contributed by atoms with Gasteiger partial charge in [0, 0.05) is 30.3 Å². The number of nitrogens with zero attached hydrogens (tertiary/aromatic N) is 2. The largest absolute Gasteiger partial charge is 0.439 e. The predicted octanol–water partition coefficient (Wildman–Crippen LogP) is 6.81. The van der Waals surface area contributed by atoms with Gasteiger partial charge in [0.25, 0.3) is 20.2 Å². The van der Waals surface area contributed by atoms with E-state index in [4.69, 9.17) is 25.6 Å². The summed E-state index contributed by atoms with van der Waals surface area (Å²) in [6.45, 7) is 3.71. The molecule has 1 aliphatic rings. The van der Waals surface area contributed by atoms with E-state index < -0.39 is 31.2 Å². The standard InChI is InChI=1S/C32H35ClN2O8S2/c1-3-24(20-31(34-17-7-19-44(36,37)38)42-28-13-11-27(33)12-14-28)21-32-35(18-16-23(2)45(39,40)41)29-22-26(10-15-30(29)43-32)25-8-5-4-6-9-25/h4-6,8-15,20-23H,3,7,16-19H2,1-2H3,(H,36,37,38)(H,39,40,41). The Hall–Kier alpha value is -3.68. The van der Waals surface area contributed by atoms with Gasteiger partial charge in [-0.2, -0.15) is 16.8 Å². The second-order valence-electron chi connectivity index (χ2n) is 10.4. The summed E-state index contributed by atoms with van der Waals surface area (Å²) in [6.07, 6.45) is 4.27. The van der Waals surface area contributed by atoms with Gasteiger partial charge in [0.05, 0.1) is 16.7 Å². The minimum absolute atomic E-state index is 0.0800. The molecule has 13 heteroatoms. The Labute approximate surface area is 269 Å². The van der Waals surface area contributed by atoms with Crippen LogP contribution < -0.4 is 14.4 Å². The molecule has 1 aliphatic heterocycles. The van der Waals surface area contributed by atoms with Gasteiger partial charge in [0.15, 0.2) is 5.75 Å². The first kappa shape index (κ1) is 34.2. The van der Waals surface area contributed by atoms with Gasteiger partial charge in [0.2, 0.25) is 11.8 Å². The molecule has 0 aliphatic carbocycles. The molecule has 0 saturated heterocycles. The SMILES string of the molecule is CCC(=CC(=NCCCS(=O)(=O)O)Oc1ccc(Cl)cc1)C=C1Oc2ccc(-c3ccccc3)cc2N1CCC(C)S(=O)(=O)O. The maximum atomic E-state index is 11.8. The van der Waals surface area contributed by atoms with E-state index in [0.29, 0.717) is 28.8 Å². The number of allylic oxidation sites excluding steroid dienone is 2. The fraction of sp³-hybridized carbons (Fsp3) is 0.281. The van der Waals surface area contributed by atoms with Gasteiger partial charge in [-0.15, -0.1) is 0 Å². The topological polar surface area (TPSA) is 143 Å². The van der Waals surface area contributed by atoms with E-state index >= 15 is 0 Å². The lowest BCUT2D eigenvalue weighted by Gasteiger charge is -2.20. The van der Waals surface area contributed by atoms with Gasteiger partial charge in [-0.3, -0.25) is 14.1 Å². The summed E-state index contributed by atoms with van der Waals surface area (Å²) in [5.74, 6) is 1.27. The fourth-order valence-corrected chi connectivity index (χ4v) is 5.46. The third-order valence-electron chi connectivity index (χ3n) is 7.00. The smallest absolute Gasteiger partial charge is 0.267 e. The van der Waals surface area contributed by atoms with E-state index in [2.05, 4.69) is 4.99 Å². The van der Waals surface area contributed by atoms with Crippen LogP contribution >= 0.6 is 11.6 Å². The lowest BCUT2D eigenvalue weighted by atomic mass is 10.0. The van der Waals surface area contributed by atoms with Crippen LogP contribution in [-0.4, -0.2) is 55.9 Å². The molecule has 1 atom stereocenters. The van der Waals surface area contributed by atoms with Crippen LogP contribution in [0, 0.1) is 0 Å². The number of halogens is 1. The first-order valence-corrected chi connectivity index (χ1v) is 17.8. The Morgan fingerprint density at radius 2 is 1.73 bits per heavy atom. The van der Waals surface area contributed by atoms with Crippen molar-refractivity contribution in [1.82, 2.24) is 0 Å². The van der Waals surface area contributed by atoms with E-state index in [1.807, 2.05) is 60.4 Å². The molecule has 240 valence electrons. The molecule has 0 aromatic heterocycles. The van der Waals surface area contributed by atoms with Crippen molar-refractivity contribution in [3.8, 4) is 22.6 Å². The number of rotatable bonds is 13. The number of benzene rings is 3. The summed E-state index contributed by atoms with van der Waals surface area (Å²) < 4.78 is 76.8. The summed E-state index contributed by atoms with van der Waals surface area (Å²) in [4.78, 5) is 6.30. The monoisotopic (exact) mass is 674 g/mol. The number of fused-ring (bicyclic) bond motifs is 1. The molecule has 1 unspecified atom stereocenters. The molecule has 4 rings (SSSR count). The van der Waals surface area contributed by atoms with Crippen LogP contribution in [-0.2, 0) is 20.2 Å². The summed E-state index contributed by atoms with van der Waals surface area (Å²) in [5, 5.41) is -0.462. The molecule has 3 aromatic carbocycles. The normalized spacial score (nSPS) is 15.6. The van der Waals surface area contributed by atoms with E-state index in [1.54, 1.807) is 36.4 Å². The van der Waals surface area contributed by atoms with Crippen molar-refractivity contribution in [3.05, 3.63) is 101 Å². The average Bonchev–Trinajstić information content (AvgIpc) is 3.34. The first-order chi connectivity index (χ1) is 21.3. The van der Waals surface area contributed by atoms with Crippen molar-refractivity contribution < 1.29 is 35.4 Å². The molecule has 3 aromatic rings. The van der Waals surface area contributed by atoms with Crippen molar-refractivity contribution in [3.63, 3.8) is 0 Å². The molecular formula is C32H35ClN2O8S2. The summed E-state index contributed by atoms with van der Waals surface area (Å²) in [7, 11) is -8.36. The maximum absolute atomic E-state index is 11.8. The van der Waals surface area contributed by atoms with Crippen molar-refractivity contribution >= 4 is 43.4 Å². The predicted molar refractivity (Wildman–Crippen MR) is 177 cm³/mol. The van der Waals surface area contributed by atoms with Crippen molar-refractivity contribution in [2.24, 2.45) is 4.99 Å². The van der Waals surface area contributed by atoms with Crippen LogP contribution in [0.2, 0.25) is 5.02 Å². The van der Waals surface area contributed by atoms with Crippen LogP contribution in [0.4, 0.5) is 5.69 Å². The Morgan fingerprint density at radius 1 is 1.02 bits per heavy atom. The van der Waals surface area contributed by atoms with Crippen molar-refractivity contribution in [2.45, 2.75) is 38.4 Å². The summed E-state index contributed by atoms with van der Waals surface area (Å²) >= 11 is 6.01. The molecule has 0 spiro atoms. The summed E-state index contributed by atoms with van der Waals surface area (Å²) in [6, 6.07) is 22.3. The molecule has 0 bridgehead atoms. The average molecular weight is 675 g/mol. The zero-order valence-corrected chi connectivity index (χ0v) is 27.2. The van der Waals surface area contributed by atoms with Crippen molar-refractivity contribution in [2.75, 3.05) is 23.7 Å². The Kier molecular flexibility index (Phi) is 11.5. The van der Waals surface area contributed by atoms with Gasteiger partial charge >= 0.3 is 0 Å². The number of hydrogen-bond donors (Lipinski definition) is 2. The van der Waals surface area contributed by atoms with Gasteiger partial charge < -0.3 is 14.4 Å². The molecular weight excluding hydrogens is 640 g/mol. The zero-order valence-electron chi connectivity index (χ0n) is 24.8. The van der Waals surface area contributed by atoms with E-state index in [-0.39, 0.29) is 31.8 Å². The molecule has 0 fully saturated rings. The third-order valence-corrected chi connectivity index (χ3v) is 9.30. The fourth-order valence-electron chi connectivity index (χ4n) is 4.44. The molecule has 0 amide bonds. The Bertz CT molecular complexity index is 1790. The van der Waals surface area contributed by atoms with Gasteiger partial charge in [-0.25, -0.2) is 0 Å². The zero-order chi connectivity index (χ0) is 32.6. The van der Waals surface area contributed by atoms with Crippen LogP contribution in [0.5, 0.6) is 11.5 Å². The summed E-state index contributed by atoms with van der Waals surface area (Å²) in [5.41, 5.74) is 3.45. The second-order valence-corrected chi connectivity index (χ2v) is 14.2. The van der Waals surface area contributed by atoms with Gasteiger partial charge in [-0.1, -0.05) is 54.9 Å². The molecule has 2 N–H and O–H groups in total. The first-order valence-electron chi connectivity index (χ1n) is 14.3. The highest BCUT2D eigenvalue weighted by atomic mass is 35.5. The quantitative estimate of drug-likeness (QED) is 0.0865. The Morgan fingerprint density at radius 3 is 2.38 bits per heavy atom. The number of anilines is 1. The molecule has 1 heterocycles. The number of hydrogen-bond acceptors (Lipinski definition) is 8. The maximum Gasteiger partial charge on any atom is 0.267 e. The third kappa shape index (κ3) is 10.2. The highest BCUT2D eigenvalue weighted by Gasteiger charge is 2.29. The molecule has 10 nitrogen and oxygen atoms in total. The van der Waals surface area contributed by atoms with Gasteiger partial charge in [-0.05, 0) is 79.3 Å². The van der Waals surface area contributed by atoms with E-state index in [0.717, 1.165) is 22.4 Å². The highest BCUT2D eigenvalue weighted by Crippen LogP contribution is 2.42. The lowest BCUT2D eigenvalue weighted by Crippen LogP contribution is -2.27. The van der Waals surface area contributed by atoms with E-state index in [1.165, 1.54) is 6.92 Å². The minimum Gasteiger partial charge on any atom is -0.439 e. The number of ether oxygens (including phenoxy) is 2. The van der Waals surface area contributed by atoms with Crippen LogP contribution in [0.25, 0.3) is 11.1 Å². The lowest BCUT2D eigenvalue weighted by molar-refractivity contribution is 0.433. The van der Waals surface area contributed by atoms with Gasteiger partial charge in [0.1, 0.15) is 5.75 Å². The molecule has 0 saturated carbocycles. The highest BCUT2D eigenvalue weighted by molar-refractivity contribution is 7.86.